The van der Waals surface area contributed by atoms with Gasteiger partial charge in [-0.2, -0.15) is 13.2 Å². The first-order valence-corrected chi connectivity index (χ1v) is 10.2. The molecular weight excluding hydrogens is 475 g/mol. The molecule has 3 heterocycles. The van der Waals surface area contributed by atoms with Crippen molar-refractivity contribution in [2.75, 3.05) is 5.32 Å². The van der Waals surface area contributed by atoms with Crippen LogP contribution in [0.1, 0.15) is 11.3 Å². The zero-order valence-electron chi connectivity index (χ0n) is 17.2. The number of fused-ring (bicyclic) bond motifs is 1. The average molecular weight is 490 g/mol. The molecule has 0 bridgehead atoms. The summed E-state index contributed by atoms with van der Waals surface area (Å²) in [4.78, 5) is 46.9. The quantitative estimate of drug-likeness (QED) is 0.464. The number of aromatic nitrogens is 4. The summed E-state index contributed by atoms with van der Waals surface area (Å²) < 4.78 is 41.0. The normalized spacial score (nSPS) is 11.5. The van der Waals surface area contributed by atoms with E-state index in [0.29, 0.717) is 11.8 Å². The van der Waals surface area contributed by atoms with Crippen LogP contribution in [0.15, 0.2) is 70.5 Å². The molecule has 1 aromatic carbocycles. The second-order valence-electron chi connectivity index (χ2n) is 7.19. The molecule has 1 amide bonds. The van der Waals surface area contributed by atoms with E-state index in [0.717, 1.165) is 21.3 Å². The van der Waals surface area contributed by atoms with Gasteiger partial charge in [0.05, 0.1) is 34.0 Å². The van der Waals surface area contributed by atoms with Crippen LogP contribution in [0.25, 0.3) is 11.0 Å². The van der Waals surface area contributed by atoms with E-state index in [9.17, 15) is 27.6 Å². The molecule has 0 unspecified atom stereocenters. The minimum absolute atomic E-state index is 0.0528. The lowest BCUT2D eigenvalue weighted by molar-refractivity contribution is -0.137. The van der Waals surface area contributed by atoms with Crippen LogP contribution < -0.4 is 16.6 Å². The third-order valence-corrected chi connectivity index (χ3v) is 5.23. The van der Waals surface area contributed by atoms with Crippen LogP contribution >= 0.6 is 11.6 Å². The summed E-state index contributed by atoms with van der Waals surface area (Å²) in [5.41, 5.74) is -2.25. The number of hydrogen-bond donors (Lipinski definition) is 1. The standard InChI is InChI=1S/C22H15ClF3N5O3/c23-15-7-6-13(22(24,25)26)10-16(15)29-18(32)12-30-17-5-3-9-28-19(17)20(33)31(21(30)34)11-14-4-1-2-8-27-14/h1-10H,11-12H2,(H,29,32). The maximum atomic E-state index is 13.2. The largest absolute Gasteiger partial charge is 0.416 e. The molecule has 0 aliphatic heterocycles. The van der Waals surface area contributed by atoms with Gasteiger partial charge in [0.15, 0.2) is 5.52 Å². The summed E-state index contributed by atoms with van der Waals surface area (Å²) >= 11 is 5.94. The van der Waals surface area contributed by atoms with Crippen molar-refractivity contribution < 1.29 is 18.0 Å². The fraction of sp³-hybridized carbons (Fsp3) is 0.136. The molecule has 174 valence electrons. The Morgan fingerprint density at radius 1 is 1.00 bits per heavy atom. The van der Waals surface area contributed by atoms with Crippen molar-refractivity contribution in [2.45, 2.75) is 19.3 Å². The third-order valence-electron chi connectivity index (χ3n) is 4.90. The summed E-state index contributed by atoms with van der Waals surface area (Å²) in [6, 6.07) is 10.4. The molecule has 8 nitrogen and oxygen atoms in total. The summed E-state index contributed by atoms with van der Waals surface area (Å²) in [5, 5.41) is 2.19. The Balaban J connectivity index is 1.73. The Morgan fingerprint density at radius 3 is 2.47 bits per heavy atom. The molecular formula is C22H15ClF3N5O3. The number of anilines is 1. The van der Waals surface area contributed by atoms with Crippen molar-refractivity contribution >= 4 is 34.2 Å². The molecule has 1 N–H and O–H groups in total. The number of carbonyl (C=O) groups excluding carboxylic acids is 1. The molecule has 0 spiro atoms. The number of pyridine rings is 2. The Kier molecular flexibility index (Phi) is 6.20. The van der Waals surface area contributed by atoms with Gasteiger partial charge in [0.2, 0.25) is 5.91 Å². The van der Waals surface area contributed by atoms with Crippen LogP contribution in [0.5, 0.6) is 0 Å². The highest BCUT2D eigenvalue weighted by molar-refractivity contribution is 6.33. The number of hydrogen-bond acceptors (Lipinski definition) is 5. The number of amides is 1. The Morgan fingerprint density at radius 2 is 1.76 bits per heavy atom. The molecule has 0 saturated carbocycles. The molecule has 0 saturated heterocycles. The van der Waals surface area contributed by atoms with E-state index in [1.165, 1.54) is 24.5 Å². The first-order chi connectivity index (χ1) is 16.1. The zero-order valence-corrected chi connectivity index (χ0v) is 18.0. The van der Waals surface area contributed by atoms with E-state index in [2.05, 4.69) is 15.3 Å². The highest BCUT2D eigenvalue weighted by atomic mass is 35.5. The lowest BCUT2D eigenvalue weighted by Crippen LogP contribution is -2.42. The lowest BCUT2D eigenvalue weighted by Gasteiger charge is -2.15. The number of carbonyl (C=O) groups is 1. The highest BCUT2D eigenvalue weighted by Crippen LogP contribution is 2.33. The molecule has 12 heteroatoms. The number of halogens is 4. The monoisotopic (exact) mass is 489 g/mol. The first kappa shape index (κ1) is 23.2. The van der Waals surface area contributed by atoms with Crippen molar-refractivity contribution in [3.05, 3.63) is 98.0 Å². The van der Waals surface area contributed by atoms with Crippen molar-refractivity contribution in [1.29, 1.82) is 0 Å². The minimum atomic E-state index is -4.64. The van der Waals surface area contributed by atoms with Crippen LogP contribution in [0.4, 0.5) is 18.9 Å². The van der Waals surface area contributed by atoms with E-state index in [-0.39, 0.29) is 28.3 Å². The van der Waals surface area contributed by atoms with Crippen molar-refractivity contribution in [3.63, 3.8) is 0 Å². The van der Waals surface area contributed by atoms with Gasteiger partial charge in [-0.15, -0.1) is 0 Å². The topological polar surface area (TPSA) is 98.9 Å². The van der Waals surface area contributed by atoms with Crippen LogP contribution in [0, 0.1) is 0 Å². The third kappa shape index (κ3) is 4.69. The molecule has 0 radical (unpaired) electrons. The predicted octanol–water partition coefficient (Wildman–Crippen LogP) is 3.31. The van der Waals surface area contributed by atoms with Crippen LogP contribution in [0.3, 0.4) is 0 Å². The highest BCUT2D eigenvalue weighted by Gasteiger charge is 2.31. The van der Waals surface area contributed by atoms with Crippen molar-refractivity contribution in [1.82, 2.24) is 19.1 Å². The Hall–Kier alpha value is -3.99. The maximum Gasteiger partial charge on any atom is 0.416 e. The molecule has 0 aliphatic rings. The number of nitrogens with zero attached hydrogens (tertiary/aromatic N) is 4. The predicted molar refractivity (Wildman–Crippen MR) is 119 cm³/mol. The van der Waals surface area contributed by atoms with Gasteiger partial charge in [-0.3, -0.25) is 23.7 Å². The van der Waals surface area contributed by atoms with E-state index < -0.39 is 35.4 Å². The Labute approximate surface area is 194 Å². The molecule has 34 heavy (non-hydrogen) atoms. The number of alkyl halides is 3. The minimum Gasteiger partial charge on any atom is -0.323 e. The summed E-state index contributed by atoms with van der Waals surface area (Å²) in [7, 11) is 0. The van der Waals surface area contributed by atoms with Gasteiger partial charge in [0.25, 0.3) is 5.56 Å². The average Bonchev–Trinajstić information content (AvgIpc) is 2.81. The molecule has 0 fully saturated rings. The van der Waals surface area contributed by atoms with Crippen LogP contribution in [-0.4, -0.2) is 25.0 Å². The number of benzene rings is 1. The van der Waals surface area contributed by atoms with Crippen LogP contribution in [0.2, 0.25) is 5.02 Å². The number of nitrogens with one attached hydrogen (secondary N) is 1. The summed E-state index contributed by atoms with van der Waals surface area (Å²) in [5.74, 6) is -0.823. The van der Waals surface area contributed by atoms with Crippen LogP contribution in [-0.2, 0) is 24.1 Å². The van der Waals surface area contributed by atoms with Gasteiger partial charge < -0.3 is 5.32 Å². The second kappa shape index (κ2) is 9.10. The molecule has 0 atom stereocenters. The second-order valence-corrected chi connectivity index (χ2v) is 7.60. The van der Waals surface area contributed by atoms with Gasteiger partial charge in [-0.25, -0.2) is 9.78 Å². The van der Waals surface area contributed by atoms with E-state index >= 15 is 0 Å². The fourth-order valence-corrected chi connectivity index (χ4v) is 3.48. The zero-order chi connectivity index (χ0) is 24.5. The molecule has 0 aliphatic carbocycles. The van der Waals surface area contributed by atoms with E-state index in [4.69, 9.17) is 11.6 Å². The Bertz CT molecular complexity index is 1500. The fourth-order valence-electron chi connectivity index (χ4n) is 3.32. The maximum absolute atomic E-state index is 13.2. The SMILES string of the molecule is O=C(Cn1c(=O)n(Cc2ccccn2)c(=O)c2ncccc21)Nc1cc(C(F)(F)F)ccc1Cl. The smallest absolute Gasteiger partial charge is 0.323 e. The van der Waals surface area contributed by atoms with E-state index in [1.54, 1.807) is 18.2 Å². The van der Waals surface area contributed by atoms with Crippen molar-refractivity contribution in [2.24, 2.45) is 0 Å². The molecule has 4 rings (SSSR count). The summed E-state index contributed by atoms with van der Waals surface area (Å²) in [6.45, 7) is -0.762. The molecule has 4 aromatic rings. The van der Waals surface area contributed by atoms with Gasteiger partial charge in [0, 0.05) is 12.4 Å². The molecule has 3 aromatic heterocycles. The van der Waals surface area contributed by atoms with E-state index in [1.807, 2.05) is 0 Å². The van der Waals surface area contributed by atoms with Crippen molar-refractivity contribution in [3.8, 4) is 0 Å². The first-order valence-electron chi connectivity index (χ1n) is 9.80. The van der Waals surface area contributed by atoms with Gasteiger partial charge in [0.1, 0.15) is 6.54 Å². The number of rotatable bonds is 5. The lowest BCUT2D eigenvalue weighted by atomic mass is 10.2. The van der Waals surface area contributed by atoms with Gasteiger partial charge >= 0.3 is 11.9 Å². The van der Waals surface area contributed by atoms with Gasteiger partial charge in [-0.05, 0) is 42.5 Å². The summed E-state index contributed by atoms with van der Waals surface area (Å²) in [6.07, 6.45) is -1.76. The van der Waals surface area contributed by atoms with Gasteiger partial charge in [-0.1, -0.05) is 17.7 Å².